The average Bonchev–Trinajstić information content (AvgIpc) is 2.99. The van der Waals surface area contributed by atoms with Gasteiger partial charge in [-0.05, 0) is 68.0 Å². The van der Waals surface area contributed by atoms with Crippen molar-refractivity contribution in [2.24, 2.45) is 5.92 Å². The molecule has 3 N–H and O–H groups in total. The molecule has 1 fully saturated rings. The molecule has 1 aliphatic heterocycles. The number of piperazine rings is 1. The van der Waals surface area contributed by atoms with Gasteiger partial charge in [0.1, 0.15) is 12.1 Å². The maximum absolute atomic E-state index is 14.0. The fourth-order valence-electron chi connectivity index (χ4n) is 5.69. The lowest BCUT2D eigenvalue weighted by atomic mass is 9.87. The van der Waals surface area contributed by atoms with E-state index in [4.69, 9.17) is 5.26 Å². The van der Waals surface area contributed by atoms with Crippen molar-refractivity contribution < 1.29 is 14.4 Å². The van der Waals surface area contributed by atoms with Crippen LogP contribution in [0.15, 0.2) is 48.5 Å². The van der Waals surface area contributed by atoms with Crippen molar-refractivity contribution in [3.63, 3.8) is 0 Å². The Hall–Kier alpha value is -3.74. The summed E-state index contributed by atoms with van der Waals surface area (Å²) < 4.78 is 0. The first-order chi connectivity index (χ1) is 19.7. The van der Waals surface area contributed by atoms with Crippen molar-refractivity contribution in [3.8, 4) is 6.07 Å². The largest absolute Gasteiger partial charge is 0.347 e. The minimum absolute atomic E-state index is 0.101. The summed E-state index contributed by atoms with van der Waals surface area (Å²) in [6.07, 6.45) is 2.84. The molecule has 4 atom stereocenters. The van der Waals surface area contributed by atoms with E-state index in [0.29, 0.717) is 31.7 Å². The highest BCUT2D eigenvalue weighted by Gasteiger charge is 2.40. The number of carbonyl (C=O) groups excluding carboxylic acids is 3. The van der Waals surface area contributed by atoms with Crippen LogP contribution in [-0.4, -0.2) is 72.3 Å². The van der Waals surface area contributed by atoms with E-state index in [9.17, 15) is 14.4 Å². The van der Waals surface area contributed by atoms with Gasteiger partial charge in [-0.25, -0.2) is 0 Å². The Kier molecular flexibility index (Phi) is 10.1. The van der Waals surface area contributed by atoms with Crippen LogP contribution in [0, 0.1) is 17.2 Å². The molecule has 2 aromatic carbocycles. The Morgan fingerprint density at radius 3 is 2.46 bits per heavy atom. The van der Waals surface area contributed by atoms with E-state index in [1.54, 1.807) is 31.0 Å². The molecule has 0 radical (unpaired) electrons. The molecule has 1 heterocycles. The highest BCUT2D eigenvalue weighted by molar-refractivity contribution is 5.93. The molecule has 2 aliphatic rings. The second-order valence-electron chi connectivity index (χ2n) is 11.5. The summed E-state index contributed by atoms with van der Waals surface area (Å²) in [5.41, 5.74) is 4.04. The lowest BCUT2D eigenvalue weighted by molar-refractivity contribution is -0.148. The van der Waals surface area contributed by atoms with Crippen LogP contribution >= 0.6 is 0 Å². The first-order valence-electron chi connectivity index (χ1n) is 14.6. The molecule has 9 nitrogen and oxygen atoms in total. The van der Waals surface area contributed by atoms with E-state index in [-0.39, 0.29) is 29.7 Å². The topological polar surface area (TPSA) is 118 Å². The molecular weight excluding hydrogens is 516 g/mol. The third kappa shape index (κ3) is 7.32. The number of hydrogen-bond acceptors (Lipinski definition) is 6. The SMILES string of the molecule is CN[C@@H](C)C(=O)N[C@H](C(=O)N1CCN(Cc2ccc(C#N)cc2)C[C@H]1C(=O)NC1CCCc2ccccc21)C(C)C. The molecule has 4 rings (SSSR count). The number of nitrogens with one attached hydrogen (secondary N) is 3. The molecule has 0 saturated carbocycles. The predicted octanol–water partition coefficient (Wildman–Crippen LogP) is 2.51. The maximum Gasteiger partial charge on any atom is 0.246 e. The van der Waals surface area contributed by atoms with Gasteiger partial charge in [-0.2, -0.15) is 5.26 Å². The standard InChI is InChI=1S/C32H42N6O3/c1-21(2)29(36-30(39)22(3)34-4)32(41)38-17-16-37(19-24-14-12-23(18-33)13-15-24)20-28(38)31(40)35-27-11-7-9-25-8-5-6-10-26(25)27/h5-6,8,10,12-15,21-22,27-29,34H,7,9,11,16-17,19-20H2,1-4H3,(H,35,40)(H,36,39)/t22-,27?,28-,29-/m0/s1. The zero-order valence-electron chi connectivity index (χ0n) is 24.5. The van der Waals surface area contributed by atoms with Gasteiger partial charge in [0, 0.05) is 26.2 Å². The third-order valence-electron chi connectivity index (χ3n) is 8.28. The monoisotopic (exact) mass is 558 g/mol. The zero-order chi connectivity index (χ0) is 29.5. The molecule has 2 aromatic rings. The van der Waals surface area contributed by atoms with Gasteiger partial charge in [-0.3, -0.25) is 19.3 Å². The zero-order valence-corrected chi connectivity index (χ0v) is 24.5. The van der Waals surface area contributed by atoms with Gasteiger partial charge in [-0.15, -0.1) is 0 Å². The van der Waals surface area contributed by atoms with E-state index in [1.807, 2.05) is 38.1 Å². The summed E-state index contributed by atoms with van der Waals surface area (Å²) in [7, 11) is 1.70. The van der Waals surface area contributed by atoms with Gasteiger partial charge in [0.05, 0.1) is 23.7 Å². The summed E-state index contributed by atoms with van der Waals surface area (Å²) in [6.45, 7) is 7.50. The minimum Gasteiger partial charge on any atom is -0.347 e. The van der Waals surface area contributed by atoms with Crippen LogP contribution in [0.3, 0.4) is 0 Å². The number of nitrogens with zero attached hydrogens (tertiary/aromatic N) is 3. The second kappa shape index (κ2) is 13.7. The van der Waals surface area contributed by atoms with Crippen LogP contribution in [0.5, 0.6) is 0 Å². The Morgan fingerprint density at radius 2 is 1.78 bits per heavy atom. The first kappa shape index (κ1) is 30.2. The number of amides is 3. The number of benzene rings is 2. The lowest BCUT2D eigenvalue weighted by Gasteiger charge is -2.43. The van der Waals surface area contributed by atoms with Gasteiger partial charge in [0.25, 0.3) is 0 Å². The molecule has 0 bridgehead atoms. The van der Waals surface area contributed by atoms with Gasteiger partial charge >= 0.3 is 0 Å². The number of rotatable bonds is 9. The normalized spacial score (nSPS) is 20.4. The Balaban J connectivity index is 1.56. The average molecular weight is 559 g/mol. The summed E-state index contributed by atoms with van der Waals surface area (Å²) in [5, 5.41) is 18.2. The lowest BCUT2D eigenvalue weighted by Crippen LogP contribution is -2.64. The summed E-state index contributed by atoms with van der Waals surface area (Å²) >= 11 is 0. The first-order valence-corrected chi connectivity index (χ1v) is 14.6. The van der Waals surface area contributed by atoms with Crippen molar-refractivity contribution in [1.82, 2.24) is 25.8 Å². The Bertz CT molecular complexity index is 1270. The molecule has 0 spiro atoms. The molecule has 41 heavy (non-hydrogen) atoms. The minimum atomic E-state index is -0.742. The number of nitriles is 1. The third-order valence-corrected chi connectivity index (χ3v) is 8.28. The predicted molar refractivity (Wildman–Crippen MR) is 157 cm³/mol. The molecule has 1 aliphatic carbocycles. The Morgan fingerprint density at radius 1 is 1.05 bits per heavy atom. The van der Waals surface area contributed by atoms with Crippen molar-refractivity contribution >= 4 is 17.7 Å². The van der Waals surface area contributed by atoms with E-state index in [2.05, 4.69) is 39.1 Å². The van der Waals surface area contributed by atoms with Gasteiger partial charge < -0.3 is 20.9 Å². The van der Waals surface area contributed by atoms with Gasteiger partial charge in [-0.1, -0.05) is 50.2 Å². The van der Waals surface area contributed by atoms with E-state index in [0.717, 1.165) is 30.4 Å². The van der Waals surface area contributed by atoms with Crippen molar-refractivity contribution in [2.45, 2.75) is 70.7 Å². The highest BCUT2D eigenvalue weighted by Crippen LogP contribution is 2.30. The van der Waals surface area contributed by atoms with E-state index < -0.39 is 18.1 Å². The summed E-state index contributed by atoms with van der Waals surface area (Å²) in [5.74, 6) is -0.819. The fourth-order valence-corrected chi connectivity index (χ4v) is 5.69. The fraction of sp³-hybridized carbons (Fsp3) is 0.500. The Labute approximate surface area is 243 Å². The van der Waals surface area contributed by atoms with E-state index in [1.165, 1.54) is 5.56 Å². The number of fused-ring (bicyclic) bond motifs is 1. The van der Waals surface area contributed by atoms with Crippen LogP contribution in [0.2, 0.25) is 0 Å². The van der Waals surface area contributed by atoms with Crippen molar-refractivity contribution in [1.29, 1.82) is 5.26 Å². The van der Waals surface area contributed by atoms with Crippen molar-refractivity contribution in [2.75, 3.05) is 26.7 Å². The molecule has 1 saturated heterocycles. The number of aryl methyl sites for hydroxylation is 1. The highest BCUT2D eigenvalue weighted by atomic mass is 16.2. The molecule has 1 unspecified atom stereocenters. The van der Waals surface area contributed by atoms with Crippen LogP contribution < -0.4 is 16.0 Å². The summed E-state index contributed by atoms with van der Waals surface area (Å²) in [4.78, 5) is 44.5. The quantitative estimate of drug-likeness (QED) is 0.436. The number of hydrogen-bond donors (Lipinski definition) is 3. The number of carbonyl (C=O) groups is 3. The maximum atomic E-state index is 14.0. The molecule has 3 amide bonds. The number of likely N-dealkylation sites (N-methyl/N-ethyl adjacent to an activating group) is 1. The molecule has 0 aromatic heterocycles. The van der Waals surface area contributed by atoms with Gasteiger partial charge in [0.2, 0.25) is 17.7 Å². The van der Waals surface area contributed by atoms with Crippen LogP contribution in [0.1, 0.15) is 61.9 Å². The summed E-state index contributed by atoms with van der Waals surface area (Å²) in [6, 6.07) is 15.8. The second-order valence-corrected chi connectivity index (χ2v) is 11.5. The van der Waals surface area contributed by atoms with Gasteiger partial charge in [0.15, 0.2) is 0 Å². The molecule has 218 valence electrons. The van der Waals surface area contributed by atoms with E-state index >= 15 is 0 Å². The van der Waals surface area contributed by atoms with Crippen LogP contribution in [-0.2, 0) is 27.3 Å². The molecule has 9 heteroatoms. The molecular formula is C32H42N6O3. The van der Waals surface area contributed by atoms with Crippen molar-refractivity contribution in [3.05, 3.63) is 70.8 Å². The van der Waals surface area contributed by atoms with Crippen LogP contribution in [0.4, 0.5) is 0 Å². The smallest absolute Gasteiger partial charge is 0.246 e. The van der Waals surface area contributed by atoms with Crippen LogP contribution in [0.25, 0.3) is 0 Å².